The Bertz CT molecular complexity index is 510. The molecule has 0 saturated heterocycles. The molecule has 1 rings (SSSR count). The van der Waals surface area contributed by atoms with Crippen molar-refractivity contribution in [2.75, 3.05) is 13.7 Å². The molecule has 0 atom stereocenters. The van der Waals surface area contributed by atoms with Crippen LogP contribution in [0.4, 0.5) is 0 Å². The number of rotatable bonds is 7. The van der Waals surface area contributed by atoms with Crippen LogP contribution in [0.1, 0.15) is 18.4 Å². The largest absolute Gasteiger partial charge is 0.493 e. The number of aliphatic carboxylic acids is 1. The van der Waals surface area contributed by atoms with Gasteiger partial charge in [0.25, 0.3) is 0 Å². The minimum absolute atomic E-state index is 0.261. The van der Waals surface area contributed by atoms with Gasteiger partial charge in [0.05, 0.1) is 18.7 Å². The SMILES string of the molecule is COC(=O)CCCOc1cccc(Cl)c1/C=C/C(=O)O. The Balaban J connectivity index is 2.67. The fraction of sp³-hybridized carbons (Fsp3) is 0.286. The Kier molecular flexibility index (Phi) is 6.59. The van der Waals surface area contributed by atoms with Crippen LogP contribution in [-0.2, 0) is 14.3 Å². The maximum absolute atomic E-state index is 10.9. The lowest BCUT2D eigenvalue weighted by molar-refractivity contribution is -0.140. The Hall–Kier alpha value is -2.01. The van der Waals surface area contributed by atoms with Crippen LogP contribution in [0.5, 0.6) is 5.75 Å². The number of halogens is 1. The first-order valence-electron chi connectivity index (χ1n) is 5.93. The molecule has 20 heavy (non-hydrogen) atoms. The summed E-state index contributed by atoms with van der Waals surface area (Å²) in [4.78, 5) is 21.5. The predicted octanol–water partition coefficient (Wildman–Crippen LogP) is 2.77. The van der Waals surface area contributed by atoms with Crippen LogP contribution in [0.15, 0.2) is 24.3 Å². The standard InChI is InChI=1S/C14H15ClO5/c1-19-14(18)6-3-9-20-12-5-2-4-11(15)10(12)7-8-13(16)17/h2,4-5,7-8H,3,6,9H2,1H3,(H,16,17)/b8-7+. The van der Waals surface area contributed by atoms with Crippen LogP contribution in [0, 0.1) is 0 Å². The molecule has 0 aromatic heterocycles. The maximum atomic E-state index is 10.9. The van der Waals surface area contributed by atoms with E-state index in [9.17, 15) is 9.59 Å². The molecule has 0 spiro atoms. The summed E-state index contributed by atoms with van der Waals surface area (Å²) in [7, 11) is 1.33. The van der Waals surface area contributed by atoms with Crippen LogP contribution in [0.2, 0.25) is 5.02 Å². The number of carbonyl (C=O) groups excluding carboxylic acids is 1. The van der Waals surface area contributed by atoms with Gasteiger partial charge in [-0.15, -0.1) is 0 Å². The number of ether oxygens (including phenoxy) is 2. The van der Waals surface area contributed by atoms with E-state index in [1.807, 2.05) is 0 Å². The minimum atomic E-state index is -1.07. The highest BCUT2D eigenvalue weighted by Crippen LogP contribution is 2.28. The van der Waals surface area contributed by atoms with Gasteiger partial charge in [-0.05, 0) is 24.6 Å². The van der Waals surface area contributed by atoms with E-state index in [-0.39, 0.29) is 12.4 Å². The molecule has 0 fully saturated rings. The molecule has 1 aromatic rings. The maximum Gasteiger partial charge on any atom is 0.328 e. The van der Waals surface area contributed by atoms with Gasteiger partial charge in [-0.1, -0.05) is 17.7 Å². The number of hydrogen-bond acceptors (Lipinski definition) is 4. The van der Waals surface area contributed by atoms with E-state index < -0.39 is 5.97 Å². The van der Waals surface area contributed by atoms with Gasteiger partial charge in [-0.3, -0.25) is 4.79 Å². The molecule has 0 unspecified atom stereocenters. The average molecular weight is 299 g/mol. The van der Waals surface area contributed by atoms with Crippen LogP contribution in [0.3, 0.4) is 0 Å². The number of carboxylic acids is 1. The first-order valence-corrected chi connectivity index (χ1v) is 6.31. The first-order chi connectivity index (χ1) is 9.54. The van der Waals surface area contributed by atoms with Crippen molar-refractivity contribution in [3.05, 3.63) is 34.9 Å². The monoisotopic (exact) mass is 298 g/mol. The number of benzene rings is 1. The van der Waals surface area contributed by atoms with Gasteiger partial charge in [0.1, 0.15) is 5.75 Å². The lowest BCUT2D eigenvalue weighted by Gasteiger charge is -2.10. The van der Waals surface area contributed by atoms with Crippen molar-refractivity contribution >= 4 is 29.6 Å². The second-order valence-corrected chi connectivity index (χ2v) is 4.26. The second kappa shape index (κ2) is 8.22. The number of esters is 1. The Morgan fingerprint density at radius 3 is 2.80 bits per heavy atom. The quantitative estimate of drug-likeness (QED) is 0.476. The number of carboxylic acid groups (broad SMARTS) is 1. The van der Waals surface area contributed by atoms with Gasteiger partial charge in [0.2, 0.25) is 0 Å². The molecule has 108 valence electrons. The van der Waals surface area contributed by atoms with Crippen molar-refractivity contribution < 1.29 is 24.2 Å². The fourth-order valence-corrected chi connectivity index (χ4v) is 1.69. The molecule has 6 heteroatoms. The summed E-state index contributed by atoms with van der Waals surface area (Å²) >= 11 is 6.00. The molecular weight excluding hydrogens is 284 g/mol. The Morgan fingerprint density at radius 1 is 1.40 bits per heavy atom. The molecule has 0 heterocycles. The molecule has 0 amide bonds. The second-order valence-electron chi connectivity index (χ2n) is 3.85. The molecule has 0 radical (unpaired) electrons. The van der Waals surface area contributed by atoms with Crippen molar-refractivity contribution in [1.29, 1.82) is 0 Å². The molecule has 0 aliphatic heterocycles. The van der Waals surface area contributed by atoms with Crippen LogP contribution in [0.25, 0.3) is 6.08 Å². The summed E-state index contributed by atoms with van der Waals surface area (Å²) in [6, 6.07) is 5.03. The highest BCUT2D eigenvalue weighted by Gasteiger charge is 2.07. The van der Waals surface area contributed by atoms with E-state index in [2.05, 4.69) is 4.74 Å². The first kappa shape index (κ1) is 16.0. The third kappa shape index (κ3) is 5.32. The Morgan fingerprint density at radius 2 is 2.15 bits per heavy atom. The van der Waals surface area contributed by atoms with Crippen LogP contribution in [-0.4, -0.2) is 30.8 Å². The van der Waals surface area contributed by atoms with E-state index in [0.29, 0.717) is 29.4 Å². The van der Waals surface area contributed by atoms with E-state index in [1.54, 1.807) is 18.2 Å². The molecule has 0 bridgehead atoms. The van der Waals surface area contributed by atoms with Crippen molar-refractivity contribution in [3.8, 4) is 5.75 Å². The van der Waals surface area contributed by atoms with Crippen molar-refractivity contribution in [1.82, 2.24) is 0 Å². The smallest absolute Gasteiger partial charge is 0.328 e. The van der Waals surface area contributed by atoms with Crippen molar-refractivity contribution in [2.45, 2.75) is 12.8 Å². The number of carbonyl (C=O) groups is 2. The van der Waals surface area contributed by atoms with E-state index in [4.69, 9.17) is 21.4 Å². The normalized spacial score (nSPS) is 10.5. The lowest BCUT2D eigenvalue weighted by atomic mass is 10.2. The zero-order chi connectivity index (χ0) is 15.0. The lowest BCUT2D eigenvalue weighted by Crippen LogP contribution is -2.05. The van der Waals surface area contributed by atoms with Gasteiger partial charge in [0, 0.05) is 18.1 Å². The summed E-state index contributed by atoms with van der Waals surface area (Å²) in [5.74, 6) is -0.896. The van der Waals surface area contributed by atoms with Crippen molar-refractivity contribution in [2.24, 2.45) is 0 Å². The molecule has 1 N–H and O–H groups in total. The van der Waals surface area contributed by atoms with Crippen LogP contribution >= 0.6 is 11.6 Å². The topological polar surface area (TPSA) is 72.8 Å². The number of methoxy groups -OCH3 is 1. The van der Waals surface area contributed by atoms with Gasteiger partial charge >= 0.3 is 11.9 Å². The zero-order valence-electron chi connectivity index (χ0n) is 11.0. The van der Waals surface area contributed by atoms with Gasteiger partial charge in [-0.25, -0.2) is 4.79 Å². The third-order valence-electron chi connectivity index (χ3n) is 2.42. The third-order valence-corrected chi connectivity index (χ3v) is 2.75. The predicted molar refractivity (Wildman–Crippen MR) is 74.9 cm³/mol. The molecule has 0 aliphatic carbocycles. The van der Waals surface area contributed by atoms with Crippen LogP contribution < -0.4 is 4.74 Å². The molecule has 0 saturated carbocycles. The summed E-state index contributed by atoms with van der Waals surface area (Å²) in [6.07, 6.45) is 3.13. The summed E-state index contributed by atoms with van der Waals surface area (Å²) in [5.41, 5.74) is 0.495. The molecule has 1 aromatic carbocycles. The fourth-order valence-electron chi connectivity index (χ4n) is 1.46. The van der Waals surface area contributed by atoms with Gasteiger partial charge in [0.15, 0.2) is 0 Å². The van der Waals surface area contributed by atoms with E-state index in [0.717, 1.165) is 6.08 Å². The summed E-state index contributed by atoms with van der Waals surface area (Å²) in [6.45, 7) is 0.309. The van der Waals surface area contributed by atoms with Crippen molar-refractivity contribution in [3.63, 3.8) is 0 Å². The Labute approximate surface area is 121 Å². The zero-order valence-corrected chi connectivity index (χ0v) is 11.7. The molecule has 0 aliphatic rings. The highest BCUT2D eigenvalue weighted by molar-refractivity contribution is 6.32. The van der Waals surface area contributed by atoms with E-state index in [1.165, 1.54) is 13.2 Å². The highest BCUT2D eigenvalue weighted by atomic mass is 35.5. The summed E-state index contributed by atoms with van der Waals surface area (Å²) < 4.78 is 10.0. The minimum Gasteiger partial charge on any atom is -0.493 e. The van der Waals surface area contributed by atoms with E-state index >= 15 is 0 Å². The van der Waals surface area contributed by atoms with Gasteiger partial charge in [-0.2, -0.15) is 0 Å². The number of hydrogen-bond donors (Lipinski definition) is 1. The molecular formula is C14H15ClO5. The molecule has 5 nitrogen and oxygen atoms in total. The summed E-state index contributed by atoms with van der Waals surface area (Å²) in [5, 5.41) is 9.03. The van der Waals surface area contributed by atoms with Gasteiger partial charge < -0.3 is 14.6 Å². The average Bonchev–Trinajstić information content (AvgIpc) is 2.42.